The Balaban J connectivity index is 1.49. The summed E-state index contributed by atoms with van der Waals surface area (Å²) in [5.41, 5.74) is 1.42. The van der Waals surface area contributed by atoms with Gasteiger partial charge in [0.05, 0.1) is 0 Å². The maximum atomic E-state index is 2.59. The van der Waals surface area contributed by atoms with Crippen LogP contribution in [0.5, 0.6) is 0 Å². The molecule has 0 fully saturated rings. The number of nitrogens with zero attached hydrogens (tertiary/aromatic N) is 2. The molecule has 1 aliphatic heterocycles. The van der Waals surface area contributed by atoms with E-state index in [1.165, 1.54) is 134 Å². The van der Waals surface area contributed by atoms with Crippen LogP contribution in [0, 0.1) is 0 Å². The van der Waals surface area contributed by atoms with Crippen molar-refractivity contribution in [3.05, 3.63) is 48.3 Å². The van der Waals surface area contributed by atoms with Crippen LogP contribution < -0.4 is 0 Å². The zero-order chi connectivity index (χ0) is 24.1. The highest BCUT2D eigenvalue weighted by Gasteiger charge is 2.25. The third-order valence-electron chi connectivity index (χ3n) is 7.51. The molecule has 0 saturated carbocycles. The summed E-state index contributed by atoms with van der Waals surface area (Å²) in [6.45, 7) is 6.83. The molecule has 2 rings (SSSR count). The van der Waals surface area contributed by atoms with Crippen molar-refractivity contribution in [1.29, 1.82) is 0 Å². The summed E-state index contributed by atoms with van der Waals surface area (Å²) < 4.78 is 0. The lowest BCUT2D eigenvalue weighted by Crippen LogP contribution is -2.38. The summed E-state index contributed by atoms with van der Waals surface area (Å²) >= 11 is 0. The molecule has 0 aliphatic carbocycles. The van der Waals surface area contributed by atoms with Gasteiger partial charge in [0, 0.05) is 25.5 Å². The highest BCUT2D eigenvalue weighted by atomic mass is 15.4. The molecular weight excluding hydrogens is 412 g/mol. The molecule has 0 aromatic heterocycles. The van der Waals surface area contributed by atoms with E-state index in [9.17, 15) is 0 Å². The predicted octanol–water partition coefficient (Wildman–Crippen LogP) is 10.1. The molecule has 0 bridgehead atoms. The zero-order valence-corrected chi connectivity index (χ0v) is 22.9. The normalized spacial score (nSPS) is 15.5. The standard InChI is InChI=1S/C32H56N2/c1-3-5-7-8-9-10-11-12-13-14-15-16-17-18-19-23-26-32-33(27-6-4-2)28-29-34(32)30-31-24-21-20-22-25-31/h20-22,24-25,28-29,32H,3-19,23,26-27,30H2,1-2H3. The molecule has 0 saturated heterocycles. The minimum Gasteiger partial charge on any atom is -0.356 e. The second kappa shape index (κ2) is 19.8. The molecule has 0 spiro atoms. The van der Waals surface area contributed by atoms with Crippen LogP contribution in [0.1, 0.15) is 141 Å². The van der Waals surface area contributed by atoms with Crippen molar-refractivity contribution in [2.24, 2.45) is 0 Å². The molecule has 1 unspecified atom stereocenters. The Morgan fingerprint density at radius 1 is 0.529 bits per heavy atom. The summed E-state index contributed by atoms with van der Waals surface area (Å²) in [7, 11) is 0. The van der Waals surface area contributed by atoms with Crippen molar-refractivity contribution in [1.82, 2.24) is 9.80 Å². The highest BCUT2D eigenvalue weighted by molar-refractivity contribution is 5.15. The average molecular weight is 469 g/mol. The fourth-order valence-corrected chi connectivity index (χ4v) is 5.28. The summed E-state index contributed by atoms with van der Waals surface area (Å²) in [5, 5.41) is 0. The lowest BCUT2D eigenvalue weighted by molar-refractivity contribution is 0.132. The lowest BCUT2D eigenvalue weighted by Gasteiger charge is -2.33. The van der Waals surface area contributed by atoms with E-state index in [1.807, 2.05) is 0 Å². The first kappa shape index (κ1) is 28.8. The van der Waals surface area contributed by atoms with Gasteiger partial charge in [0.15, 0.2) is 0 Å². The summed E-state index contributed by atoms with van der Waals surface area (Å²) in [4.78, 5) is 5.16. The fraction of sp³-hybridized carbons (Fsp3) is 0.750. The Hall–Kier alpha value is -1.44. The molecule has 0 amide bonds. The van der Waals surface area contributed by atoms with E-state index in [1.54, 1.807) is 0 Å². The van der Waals surface area contributed by atoms with Crippen LogP contribution in [-0.4, -0.2) is 22.5 Å². The molecule has 1 heterocycles. The van der Waals surface area contributed by atoms with Gasteiger partial charge in [-0.25, -0.2) is 0 Å². The molecular formula is C32H56N2. The van der Waals surface area contributed by atoms with E-state index in [0.29, 0.717) is 6.17 Å². The topological polar surface area (TPSA) is 6.48 Å². The molecule has 0 radical (unpaired) electrons. The highest BCUT2D eigenvalue weighted by Crippen LogP contribution is 2.24. The van der Waals surface area contributed by atoms with Crippen molar-refractivity contribution >= 4 is 0 Å². The van der Waals surface area contributed by atoms with Gasteiger partial charge in [-0.1, -0.05) is 147 Å². The Morgan fingerprint density at radius 2 is 1.00 bits per heavy atom. The first-order valence-corrected chi connectivity index (χ1v) is 15.1. The molecule has 1 aliphatic rings. The van der Waals surface area contributed by atoms with Crippen LogP contribution in [0.4, 0.5) is 0 Å². The van der Waals surface area contributed by atoms with Gasteiger partial charge in [-0.05, 0) is 24.8 Å². The molecule has 2 heteroatoms. The van der Waals surface area contributed by atoms with E-state index >= 15 is 0 Å². The summed E-state index contributed by atoms with van der Waals surface area (Å²) in [6.07, 6.45) is 32.1. The maximum Gasteiger partial charge on any atom is 0.101 e. The van der Waals surface area contributed by atoms with Crippen molar-refractivity contribution in [3.8, 4) is 0 Å². The van der Waals surface area contributed by atoms with Crippen LogP contribution in [0.15, 0.2) is 42.7 Å². The van der Waals surface area contributed by atoms with Crippen molar-refractivity contribution in [2.75, 3.05) is 6.54 Å². The first-order valence-electron chi connectivity index (χ1n) is 15.1. The minimum atomic E-state index is 0.554. The molecule has 34 heavy (non-hydrogen) atoms. The largest absolute Gasteiger partial charge is 0.356 e. The van der Waals surface area contributed by atoms with Gasteiger partial charge < -0.3 is 9.80 Å². The summed E-state index contributed by atoms with van der Waals surface area (Å²) in [6, 6.07) is 11.0. The zero-order valence-electron chi connectivity index (χ0n) is 22.9. The number of benzene rings is 1. The number of hydrogen-bond acceptors (Lipinski definition) is 2. The van der Waals surface area contributed by atoms with Crippen LogP contribution in [-0.2, 0) is 6.54 Å². The third-order valence-corrected chi connectivity index (χ3v) is 7.51. The molecule has 2 nitrogen and oxygen atoms in total. The van der Waals surface area contributed by atoms with Crippen LogP contribution >= 0.6 is 0 Å². The Bertz CT molecular complexity index is 596. The smallest absolute Gasteiger partial charge is 0.101 e. The van der Waals surface area contributed by atoms with Gasteiger partial charge >= 0.3 is 0 Å². The Morgan fingerprint density at radius 3 is 1.53 bits per heavy atom. The van der Waals surface area contributed by atoms with Crippen molar-refractivity contribution in [2.45, 2.75) is 149 Å². The van der Waals surface area contributed by atoms with E-state index < -0.39 is 0 Å². The van der Waals surface area contributed by atoms with E-state index in [-0.39, 0.29) is 0 Å². The first-order chi connectivity index (χ1) is 16.8. The maximum absolute atomic E-state index is 2.59. The lowest BCUT2D eigenvalue weighted by atomic mass is 10.0. The van der Waals surface area contributed by atoms with E-state index in [2.05, 4.69) is 66.4 Å². The molecule has 1 atom stereocenters. The van der Waals surface area contributed by atoms with Gasteiger partial charge in [-0.3, -0.25) is 0 Å². The fourth-order valence-electron chi connectivity index (χ4n) is 5.28. The van der Waals surface area contributed by atoms with Crippen molar-refractivity contribution < 1.29 is 0 Å². The average Bonchev–Trinajstić information content (AvgIpc) is 3.24. The quantitative estimate of drug-likeness (QED) is 0.156. The predicted molar refractivity (Wildman–Crippen MR) is 151 cm³/mol. The van der Waals surface area contributed by atoms with Crippen molar-refractivity contribution in [3.63, 3.8) is 0 Å². The van der Waals surface area contributed by atoms with E-state index in [0.717, 1.165) is 6.54 Å². The van der Waals surface area contributed by atoms with Gasteiger partial charge in [0.2, 0.25) is 0 Å². The monoisotopic (exact) mass is 468 g/mol. The SMILES string of the molecule is CCCCCCCCCCCCCCCCCCC1N(CCCC)C=CN1Cc1ccccc1. The van der Waals surface area contributed by atoms with Gasteiger partial charge in [0.1, 0.15) is 6.17 Å². The van der Waals surface area contributed by atoms with Gasteiger partial charge in [0.25, 0.3) is 0 Å². The molecule has 194 valence electrons. The number of hydrogen-bond donors (Lipinski definition) is 0. The molecule has 1 aromatic rings. The minimum absolute atomic E-state index is 0.554. The van der Waals surface area contributed by atoms with Crippen LogP contribution in [0.2, 0.25) is 0 Å². The second-order valence-electron chi connectivity index (χ2n) is 10.6. The van der Waals surface area contributed by atoms with Crippen LogP contribution in [0.25, 0.3) is 0 Å². The number of rotatable bonds is 22. The van der Waals surface area contributed by atoms with Gasteiger partial charge in [-0.2, -0.15) is 0 Å². The molecule has 1 aromatic carbocycles. The van der Waals surface area contributed by atoms with E-state index in [4.69, 9.17) is 0 Å². The second-order valence-corrected chi connectivity index (χ2v) is 10.6. The van der Waals surface area contributed by atoms with Crippen LogP contribution in [0.3, 0.4) is 0 Å². The van der Waals surface area contributed by atoms with Gasteiger partial charge in [-0.15, -0.1) is 0 Å². The third kappa shape index (κ3) is 12.9. The number of unbranched alkanes of at least 4 members (excludes halogenated alkanes) is 16. The Labute approximate surface area is 213 Å². The summed E-state index contributed by atoms with van der Waals surface area (Å²) in [5.74, 6) is 0. The Kier molecular flexibility index (Phi) is 16.8. The molecule has 0 N–H and O–H groups in total.